The summed E-state index contributed by atoms with van der Waals surface area (Å²) >= 11 is 6.04. The average Bonchev–Trinajstić information content (AvgIpc) is 2.55. The van der Waals surface area contributed by atoms with Crippen LogP contribution in [0.2, 0.25) is 5.02 Å². The lowest BCUT2D eigenvalue weighted by molar-refractivity contribution is 0.0696. The molecule has 3 rings (SSSR count). The molecule has 6 heteroatoms. The molecule has 1 atom stereocenters. The lowest BCUT2D eigenvalue weighted by Gasteiger charge is -2.27. The zero-order valence-electron chi connectivity index (χ0n) is 12.1. The zero-order chi connectivity index (χ0) is 16.4. The largest absolute Gasteiger partial charge is 0.493 e. The van der Waals surface area contributed by atoms with Crippen LogP contribution in [0.4, 0.5) is 0 Å². The van der Waals surface area contributed by atoms with E-state index in [4.69, 9.17) is 21.4 Å². The predicted octanol–water partition coefficient (Wildman–Crippen LogP) is 3.29. The van der Waals surface area contributed by atoms with Gasteiger partial charge < -0.3 is 15.2 Å². The van der Waals surface area contributed by atoms with Gasteiger partial charge in [-0.05, 0) is 30.3 Å². The van der Waals surface area contributed by atoms with E-state index in [0.717, 1.165) is 0 Å². The van der Waals surface area contributed by atoms with Gasteiger partial charge in [0.2, 0.25) is 0 Å². The number of hydrogen-bond donors (Lipinski definition) is 2. The van der Waals surface area contributed by atoms with Crippen molar-refractivity contribution >= 4 is 23.5 Å². The Bertz CT molecular complexity index is 775. The molecule has 1 aliphatic heterocycles. The molecule has 2 aromatic rings. The number of fused-ring (bicyclic) bond motifs is 1. The molecule has 1 unspecified atom stereocenters. The molecule has 118 valence electrons. The van der Waals surface area contributed by atoms with Crippen molar-refractivity contribution in [3.8, 4) is 5.75 Å². The van der Waals surface area contributed by atoms with Gasteiger partial charge in [-0.2, -0.15) is 0 Å². The van der Waals surface area contributed by atoms with Crippen molar-refractivity contribution in [1.82, 2.24) is 5.32 Å². The van der Waals surface area contributed by atoms with Crippen LogP contribution in [-0.4, -0.2) is 23.6 Å². The summed E-state index contributed by atoms with van der Waals surface area (Å²) in [5.74, 6) is -0.727. The molecule has 0 radical (unpaired) electrons. The van der Waals surface area contributed by atoms with Crippen molar-refractivity contribution in [3.05, 3.63) is 64.2 Å². The second-order valence-electron chi connectivity index (χ2n) is 5.20. The number of ether oxygens (including phenoxy) is 1. The Kier molecular flexibility index (Phi) is 4.21. The highest BCUT2D eigenvalue weighted by molar-refractivity contribution is 6.33. The van der Waals surface area contributed by atoms with E-state index >= 15 is 0 Å². The maximum Gasteiger partial charge on any atom is 0.335 e. The minimum Gasteiger partial charge on any atom is -0.493 e. The Balaban J connectivity index is 1.88. The maximum absolute atomic E-state index is 12.4. The van der Waals surface area contributed by atoms with E-state index in [1.54, 1.807) is 30.3 Å². The Morgan fingerprint density at radius 2 is 2.00 bits per heavy atom. The van der Waals surface area contributed by atoms with Crippen molar-refractivity contribution in [2.24, 2.45) is 0 Å². The van der Waals surface area contributed by atoms with E-state index in [1.807, 2.05) is 0 Å². The van der Waals surface area contributed by atoms with E-state index in [0.29, 0.717) is 34.9 Å². The van der Waals surface area contributed by atoms with Crippen molar-refractivity contribution in [2.75, 3.05) is 6.61 Å². The van der Waals surface area contributed by atoms with Gasteiger partial charge in [0.1, 0.15) is 5.75 Å². The average molecular weight is 332 g/mol. The predicted molar refractivity (Wildman–Crippen MR) is 85.2 cm³/mol. The van der Waals surface area contributed by atoms with Gasteiger partial charge in [0, 0.05) is 12.0 Å². The summed E-state index contributed by atoms with van der Waals surface area (Å²) in [4.78, 5) is 23.5. The minimum atomic E-state index is -1.02. The molecule has 5 nitrogen and oxygen atoms in total. The topological polar surface area (TPSA) is 75.6 Å². The molecule has 0 spiro atoms. The van der Waals surface area contributed by atoms with Gasteiger partial charge in [-0.1, -0.05) is 23.7 Å². The van der Waals surface area contributed by atoms with E-state index in [-0.39, 0.29) is 17.5 Å². The third-order valence-electron chi connectivity index (χ3n) is 3.72. The summed E-state index contributed by atoms with van der Waals surface area (Å²) in [6.07, 6.45) is 0.562. The van der Waals surface area contributed by atoms with Crippen LogP contribution < -0.4 is 10.1 Å². The summed E-state index contributed by atoms with van der Waals surface area (Å²) in [5.41, 5.74) is 1.21. The van der Waals surface area contributed by atoms with Crippen LogP contribution in [0.25, 0.3) is 0 Å². The summed E-state index contributed by atoms with van der Waals surface area (Å²) in [6.45, 7) is 0.451. The van der Waals surface area contributed by atoms with Crippen molar-refractivity contribution in [2.45, 2.75) is 12.5 Å². The molecule has 0 bridgehead atoms. The second kappa shape index (κ2) is 6.30. The first-order chi connectivity index (χ1) is 11.1. The number of hydrogen-bond acceptors (Lipinski definition) is 3. The van der Waals surface area contributed by atoms with E-state index < -0.39 is 5.97 Å². The minimum absolute atomic E-state index is 0.159. The Morgan fingerprint density at radius 1 is 1.22 bits per heavy atom. The molecular formula is C17H14ClNO4. The maximum atomic E-state index is 12.4. The number of rotatable bonds is 3. The van der Waals surface area contributed by atoms with Crippen LogP contribution in [0.1, 0.15) is 38.7 Å². The van der Waals surface area contributed by atoms with Crippen LogP contribution in [-0.2, 0) is 0 Å². The first-order valence-electron chi connectivity index (χ1n) is 7.11. The van der Waals surface area contributed by atoms with Gasteiger partial charge in [0.05, 0.1) is 28.8 Å². The number of carboxylic acid groups (broad SMARTS) is 1. The fourth-order valence-electron chi connectivity index (χ4n) is 2.56. The third-order valence-corrected chi connectivity index (χ3v) is 4.05. The standard InChI is InChI=1S/C17H14ClNO4/c18-13-4-2-1-3-11(13)16(20)19-14-7-8-23-15-6-5-10(17(21)22)9-12(14)15/h1-6,9,14H,7-8H2,(H,19,20)(H,21,22). The summed E-state index contributed by atoms with van der Waals surface area (Å²) < 4.78 is 5.53. The fourth-order valence-corrected chi connectivity index (χ4v) is 2.78. The normalized spacial score (nSPS) is 16.1. The molecule has 2 aromatic carbocycles. The van der Waals surface area contributed by atoms with Crippen LogP contribution >= 0.6 is 11.6 Å². The molecule has 0 saturated heterocycles. The molecule has 0 aromatic heterocycles. The summed E-state index contributed by atoms with van der Waals surface area (Å²) in [6, 6.07) is 11.1. The van der Waals surface area contributed by atoms with Gasteiger partial charge in [-0.3, -0.25) is 4.79 Å². The highest BCUT2D eigenvalue weighted by Gasteiger charge is 2.25. The monoisotopic (exact) mass is 331 g/mol. The van der Waals surface area contributed by atoms with E-state index in [9.17, 15) is 9.59 Å². The highest BCUT2D eigenvalue weighted by Crippen LogP contribution is 2.33. The second-order valence-corrected chi connectivity index (χ2v) is 5.61. The molecule has 1 aliphatic rings. The molecule has 0 aliphatic carbocycles. The Hall–Kier alpha value is -2.53. The smallest absolute Gasteiger partial charge is 0.335 e. The van der Waals surface area contributed by atoms with Gasteiger partial charge in [0.25, 0.3) is 5.91 Å². The van der Waals surface area contributed by atoms with Crippen LogP contribution in [0.15, 0.2) is 42.5 Å². The zero-order valence-corrected chi connectivity index (χ0v) is 12.8. The molecule has 1 heterocycles. The van der Waals surface area contributed by atoms with Crippen molar-refractivity contribution in [1.29, 1.82) is 0 Å². The number of amides is 1. The van der Waals surface area contributed by atoms with Crippen LogP contribution in [0, 0.1) is 0 Å². The number of halogens is 1. The number of nitrogens with one attached hydrogen (secondary N) is 1. The van der Waals surface area contributed by atoms with Crippen molar-refractivity contribution in [3.63, 3.8) is 0 Å². The molecule has 23 heavy (non-hydrogen) atoms. The number of aromatic carboxylic acids is 1. The van der Waals surface area contributed by atoms with Gasteiger partial charge in [-0.15, -0.1) is 0 Å². The Morgan fingerprint density at radius 3 is 2.74 bits per heavy atom. The number of carboxylic acids is 1. The Labute approximate surface area is 137 Å². The highest BCUT2D eigenvalue weighted by atomic mass is 35.5. The van der Waals surface area contributed by atoms with Crippen LogP contribution in [0.5, 0.6) is 5.75 Å². The lowest BCUT2D eigenvalue weighted by Crippen LogP contribution is -2.32. The molecule has 1 amide bonds. The van der Waals surface area contributed by atoms with Gasteiger partial charge >= 0.3 is 5.97 Å². The summed E-state index contributed by atoms with van der Waals surface area (Å²) in [5, 5.41) is 12.4. The first-order valence-corrected chi connectivity index (χ1v) is 7.49. The lowest BCUT2D eigenvalue weighted by atomic mass is 9.97. The molecule has 2 N–H and O–H groups in total. The van der Waals surface area contributed by atoms with Crippen molar-refractivity contribution < 1.29 is 19.4 Å². The van der Waals surface area contributed by atoms with Gasteiger partial charge in [-0.25, -0.2) is 4.79 Å². The third kappa shape index (κ3) is 3.14. The number of carbonyl (C=O) groups is 2. The molecule has 0 saturated carbocycles. The summed E-state index contributed by atoms with van der Waals surface area (Å²) in [7, 11) is 0. The molecule has 0 fully saturated rings. The molecular weight excluding hydrogens is 318 g/mol. The van der Waals surface area contributed by atoms with E-state index in [1.165, 1.54) is 12.1 Å². The fraction of sp³-hybridized carbons (Fsp3) is 0.176. The SMILES string of the molecule is O=C(O)c1ccc2c(c1)C(NC(=O)c1ccccc1Cl)CCO2. The van der Waals surface area contributed by atoms with Gasteiger partial charge in [0.15, 0.2) is 0 Å². The quantitative estimate of drug-likeness (QED) is 0.905. The number of benzene rings is 2. The van der Waals surface area contributed by atoms with Crippen LogP contribution in [0.3, 0.4) is 0 Å². The van der Waals surface area contributed by atoms with E-state index in [2.05, 4.69) is 5.32 Å². The number of carbonyl (C=O) groups excluding carboxylic acids is 1. The first kappa shape index (κ1) is 15.4.